The van der Waals surface area contributed by atoms with Crippen molar-refractivity contribution in [2.75, 3.05) is 0 Å². The molecule has 0 aliphatic rings. The second kappa shape index (κ2) is 5.00. The fourth-order valence-corrected chi connectivity index (χ4v) is 0.898. The van der Waals surface area contributed by atoms with Crippen LogP contribution in [0.1, 0.15) is 16.7 Å². The molecular formula is C10H17B. The minimum atomic E-state index is 1.38. The van der Waals surface area contributed by atoms with E-state index in [1.54, 1.807) is 0 Å². The van der Waals surface area contributed by atoms with E-state index in [9.17, 15) is 0 Å². The Morgan fingerprint density at radius 3 is 1.55 bits per heavy atom. The highest BCUT2D eigenvalue weighted by atomic mass is 14.0. The molecule has 0 spiro atoms. The molecule has 0 amide bonds. The largest absolute Gasteiger partial charge is 0.0973 e. The van der Waals surface area contributed by atoms with Crippen LogP contribution in [0.15, 0.2) is 18.2 Å². The van der Waals surface area contributed by atoms with E-state index in [0.29, 0.717) is 0 Å². The van der Waals surface area contributed by atoms with Crippen molar-refractivity contribution >= 4 is 7.85 Å². The van der Waals surface area contributed by atoms with Crippen LogP contribution in [-0.2, 0) is 0 Å². The number of rotatable bonds is 0. The van der Waals surface area contributed by atoms with Gasteiger partial charge in [-0.3, -0.25) is 0 Å². The van der Waals surface area contributed by atoms with Crippen LogP contribution >= 0.6 is 0 Å². The number of hydrogen-bond acceptors (Lipinski definition) is 0. The second-order valence-electron chi connectivity index (χ2n) is 2.52. The Hall–Kier alpha value is -0.715. The lowest BCUT2D eigenvalue weighted by Crippen LogP contribution is -1.82. The van der Waals surface area contributed by atoms with Crippen LogP contribution in [0.2, 0.25) is 6.82 Å². The molecule has 1 heteroatoms. The molecule has 1 aromatic rings. The van der Waals surface area contributed by atoms with Crippen LogP contribution in [0, 0.1) is 20.8 Å². The smallest absolute Gasteiger partial charge is 0.0927 e. The zero-order chi connectivity index (χ0) is 8.85. The molecule has 0 N–H and O–H groups in total. The van der Waals surface area contributed by atoms with Gasteiger partial charge in [0, 0.05) is 0 Å². The average molecular weight is 148 g/mol. The summed E-state index contributed by atoms with van der Waals surface area (Å²) in [7, 11) is 2.00. The molecule has 0 saturated carbocycles. The van der Waals surface area contributed by atoms with Crippen LogP contribution in [0.25, 0.3) is 0 Å². The average Bonchev–Trinajstić information content (AvgIpc) is 2.04. The van der Waals surface area contributed by atoms with Crippen molar-refractivity contribution in [1.29, 1.82) is 0 Å². The summed E-state index contributed by atoms with van der Waals surface area (Å²) in [5.74, 6) is 0. The van der Waals surface area contributed by atoms with Gasteiger partial charge in [-0.2, -0.15) is 0 Å². The lowest BCUT2D eigenvalue weighted by atomic mass is 10.1. The van der Waals surface area contributed by atoms with E-state index in [2.05, 4.69) is 39.0 Å². The van der Waals surface area contributed by atoms with Crippen LogP contribution in [-0.4, -0.2) is 7.85 Å². The van der Waals surface area contributed by atoms with Crippen molar-refractivity contribution < 1.29 is 0 Å². The maximum atomic E-state index is 2.16. The van der Waals surface area contributed by atoms with Gasteiger partial charge in [0.15, 0.2) is 0 Å². The summed E-state index contributed by atoms with van der Waals surface area (Å²) in [6, 6.07) is 6.38. The highest BCUT2D eigenvalue weighted by Gasteiger charge is 1.91. The molecule has 0 aromatic heterocycles. The van der Waals surface area contributed by atoms with Crippen molar-refractivity contribution in [2.24, 2.45) is 0 Å². The molecule has 0 atom stereocenters. The van der Waals surface area contributed by atoms with E-state index in [4.69, 9.17) is 0 Å². The first kappa shape index (κ1) is 10.3. The molecule has 11 heavy (non-hydrogen) atoms. The Labute approximate surface area is 71.0 Å². The van der Waals surface area contributed by atoms with Gasteiger partial charge in [-0.05, 0) is 37.5 Å². The van der Waals surface area contributed by atoms with Crippen LogP contribution in [0.5, 0.6) is 0 Å². The Bertz CT molecular complexity index is 196. The van der Waals surface area contributed by atoms with Gasteiger partial charge in [-0.25, -0.2) is 0 Å². The second-order valence-corrected chi connectivity index (χ2v) is 2.52. The number of hydrogen-bond donors (Lipinski definition) is 0. The van der Waals surface area contributed by atoms with E-state index < -0.39 is 0 Å². The fraction of sp³-hybridized carbons (Fsp3) is 0.400. The van der Waals surface area contributed by atoms with E-state index in [1.165, 1.54) is 16.7 Å². The molecule has 0 aliphatic heterocycles. The molecule has 60 valence electrons. The van der Waals surface area contributed by atoms with Crippen molar-refractivity contribution in [2.45, 2.75) is 27.6 Å². The van der Waals surface area contributed by atoms with Gasteiger partial charge in [0.25, 0.3) is 0 Å². The van der Waals surface area contributed by atoms with Gasteiger partial charge in [-0.1, -0.05) is 25.0 Å². The van der Waals surface area contributed by atoms with Gasteiger partial charge in [0.1, 0.15) is 0 Å². The van der Waals surface area contributed by atoms with Crippen LogP contribution < -0.4 is 0 Å². The number of benzene rings is 1. The van der Waals surface area contributed by atoms with Crippen molar-refractivity contribution in [3.8, 4) is 0 Å². The SMILES string of the molecule is BC.Cc1cccc(C)c1C. The molecule has 0 bridgehead atoms. The minimum Gasteiger partial charge on any atom is -0.0927 e. The van der Waals surface area contributed by atoms with Crippen LogP contribution in [0.3, 0.4) is 0 Å². The molecule has 0 aliphatic carbocycles. The van der Waals surface area contributed by atoms with Gasteiger partial charge in [0.2, 0.25) is 0 Å². The first-order valence-corrected chi connectivity index (χ1v) is 4.24. The van der Waals surface area contributed by atoms with Gasteiger partial charge in [-0.15, -0.1) is 0 Å². The Morgan fingerprint density at radius 2 is 1.27 bits per heavy atom. The normalized spacial score (nSPS) is 8.36. The third-order valence-corrected chi connectivity index (χ3v) is 1.88. The van der Waals surface area contributed by atoms with Crippen molar-refractivity contribution in [3.05, 3.63) is 34.9 Å². The summed E-state index contributed by atoms with van der Waals surface area (Å²) < 4.78 is 0. The molecule has 0 saturated heterocycles. The first-order valence-electron chi connectivity index (χ1n) is 4.24. The summed E-state index contributed by atoms with van der Waals surface area (Å²) in [6.07, 6.45) is 0. The molecule has 1 aromatic carbocycles. The van der Waals surface area contributed by atoms with Crippen molar-refractivity contribution in [3.63, 3.8) is 0 Å². The Morgan fingerprint density at radius 1 is 0.909 bits per heavy atom. The molecule has 0 unspecified atom stereocenters. The van der Waals surface area contributed by atoms with Gasteiger partial charge >= 0.3 is 0 Å². The summed E-state index contributed by atoms with van der Waals surface area (Å²) in [5.41, 5.74) is 4.18. The standard InChI is InChI=1S/C9H12.CH5B/c1-7-5-4-6-8(2)9(7)3;1-2/h4-6H,1-3H3;2H2,1H3. The monoisotopic (exact) mass is 148 g/mol. The first-order chi connectivity index (χ1) is 5.22. The zero-order valence-electron chi connectivity index (χ0n) is 8.23. The molecule has 1 rings (SSSR count). The topological polar surface area (TPSA) is 0 Å². The van der Waals surface area contributed by atoms with E-state index in [-0.39, 0.29) is 0 Å². The predicted octanol–water partition coefficient (Wildman–Crippen LogP) is 2.28. The highest BCUT2D eigenvalue weighted by Crippen LogP contribution is 2.09. The molecule has 0 heterocycles. The number of aryl methyl sites for hydroxylation is 2. The fourth-order valence-electron chi connectivity index (χ4n) is 0.898. The van der Waals surface area contributed by atoms with E-state index in [1.807, 2.05) is 14.7 Å². The third kappa shape index (κ3) is 2.79. The Kier molecular flexibility index (Phi) is 4.68. The molecule has 0 fully saturated rings. The summed E-state index contributed by atoms with van der Waals surface area (Å²) in [4.78, 5) is 0. The third-order valence-electron chi connectivity index (χ3n) is 1.88. The summed E-state index contributed by atoms with van der Waals surface area (Å²) in [5, 5.41) is 0. The maximum Gasteiger partial charge on any atom is 0.0973 e. The summed E-state index contributed by atoms with van der Waals surface area (Å²) >= 11 is 0. The zero-order valence-corrected chi connectivity index (χ0v) is 8.23. The molecule has 0 radical (unpaired) electrons. The molecule has 0 nitrogen and oxygen atoms in total. The quantitative estimate of drug-likeness (QED) is 0.495. The van der Waals surface area contributed by atoms with Gasteiger partial charge < -0.3 is 0 Å². The summed E-state index contributed by atoms with van der Waals surface area (Å²) in [6.45, 7) is 8.44. The van der Waals surface area contributed by atoms with Crippen LogP contribution in [0.4, 0.5) is 0 Å². The molecular weight excluding hydrogens is 131 g/mol. The highest BCUT2D eigenvalue weighted by molar-refractivity contribution is 6.05. The maximum absolute atomic E-state index is 2.16. The lowest BCUT2D eigenvalue weighted by Gasteiger charge is -2.00. The van der Waals surface area contributed by atoms with Crippen molar-refractivity contribution in [1.82, 2.24) is 0 Å². The Balaban J connectivity index is 0.000000461. The van der Waals surface area contributed by atoms with E-state index in [0.717, 1.165) is 0 Å². The van der Waals surface area contributed by atoms with E-state index >= 15 is 0 Å². The predicted molar refractivity (Wildman–Crippen MR) is 55.1 cm³/mol. The van der Waals surface area contributed by atoms with Gasteiger partial charge in [0.05, 0.1) is 7.85 Å². The lowest BCUT2D eigenvalue weighted by molar-refractivity contribution is 1.27. The minimum absolute atomic E-state index is 1.38.